The van der Waals surface area contributed by atoms with Crippen molar-refractivity contribution in [2.75, 3.05) is 7.05 Å². The molecule has 0 spiro atoms. The maximum atomic E-state index is 14.0. The van der Waals surface area contributed by atoms with Gasteiger partial charge in [0.15, 0.2) is 0 Å². The Morgan fingerprint density at radius 1 is 1.05 bits per heavy atom. The molecule has 3 aromatic rings. The molecular weight excluding hydrogens is 297 g/mol. The van der Waals surface area contributed by atoms with Crippen molar-refractivity contribution in [2.45, 2.75) is 0 Å². The number of hydrogen-bond donors (Lipinski definition) is 0. The zero-order chi connectivity index (χ0) is 15.4. The summed E-state index contributed by atoms with van der Waals surface area (Å²) >= 11 is 1.43. The lowest BCUT2D eigenvalue weighted by atomic mass is 10.1. The Morgan fingerprint density at radius 3 is 2.50 bits per heavy atom. The Balaban J connectivity index is 2.10. The molecule has 0 saturated heterocycles. The molecule has 2 aromatic carbocycles. The molecule has 0 atom stereocenters. The van der Waals surface area contributed by atoms with Gasteiger partial charge in [-0.15, -0.1) is 11.3 Å². The van der Waals surface area contributed by atoms with Gasteiger partial charge in [0.25, 0.3) is 0 Å². The van der Waals surface area contributed by atoms with E-state index >= 15 is 0 Å². The SMILES string of the molecule is CN=c1scc(-c2ccccc2F)n1/N=C\c1ccccc1. The van der Waals surface area contributed by atoms with Crippen molar-refractivity contribution < 1.29 is 4.39 Å². The second kappa shape index (κ2) is 6.49. The van der Waals surface area contributed by atoms with Crippen LogP contribution in [0.25, 0.3) is 11.3 Å². The van der Waals surface area contributed by atoms with Crippen molar-refractivity contribution in [3.63, 3.8) is 0 Å². The first kappa shape index (κ1) is 14.4. The molecule has 1 aromatic heterocycles. The summed E-state index contributed by atoms with van der Waals surface area (Å²) in [5.41, 5.74) is 2.18. The molecule has 5 heteroatoms. The van der Waals surface area contributed by atoms with Crippen molar-refractivity contribution in [2.24, 2.45) is 10.1 Å². The minimum absolute atomic E-state index is 0.272. The second-order valence-corrected chi connectivity index (χ2v) is 5.41. The van der Waals surface area contributed by atoms with Crippen molar-refractivity contribution in [1.29, 1.82) is 0 Å². The van der Waals surface area contributed by atoms with E-state index in [4.69, 9.17) is 0 Å². The molecule has 0 radical (unpaired) electrons. The van der Waals surface area contributed by atoms with Gasteiger partial charge in [-0.25, -0.2) is 9.07 Å². The average molecular weight is 311 g/mol. The van der Waals surface area contributed by atoms with Gasteiger partial charge in [0.05, 0.1) is 11.9 Å². The molecule has 0 bridgehead atoms. The number of rotatable bonds is 3. The van der Waals surface area contributed by atoms with E-state index in [0.29, 0.717) is 16.1 Å². The quantitative estimate of drug-likeness (QED) is 0.659. The molecule has 3 rings (SSSR count). The second-order valence-electron chi connectivity index (χ2n) is 4.57. The predicted molar refractivity (Wildman–Crippen MR) is 88.6 cm³/mol. The van der Waals surface area contributed by atoms with Crippen molar-refractivity contribution in [3.05, 3.63) is 76.2 Å². The highest BCUT2D eigenvalue weighted by Crippen LogP contribution is 2.23. The zero-order valence-corrected chi connectivity index (χ0v) is 12.8. The van der Waals surface area contributed by atoms with E-state index in [1.54, 1.807) is 30.1 Å². The monoisotopic (exact) mass is 311 g/mol. The van der Waals surface area contributed by atoms with E-state index in [2.05, 4.69) is 10.1 Å². The highest BCUT2D eigenvalue weighted by molar-refractivity contribution is 7.07. The summed E-state index contributed by atoms with van der Waals surface area (Å²) in [7, 11) is 1.70. The van der Waals surface area contributed by atoms with E-state index < -0.39 is 0 Å². The van der Waals surface area contributed by atoms with E-state index in [0.717, 1.165) is 5.56 Å². The highest BCUT2D eigenvalue weighted by Gasteiger charge is 2.10. The van der Waals surface area contributed by atoms with E-state index in [1.807, 2.05) is 41.8 Å². The standard InChI is InChI=1S/C17H14FN3S/c1-19-17-21(20-11-13-7-3-2-4-8-13)16(12-22-17)14-9-5-6-10-15(14)18/h2-12H,1H3/b19-17?,20-11-. The third kappa shape index (κ3) is 2.89. The Kier molecular flexibility index (Phi) is 4.25. The Hall–Kier alpha value is -2.53. The van der Waals surface area contributed by atoms with E-state index in [1.165, 1.54) is 17.4 Å². The maximum absolute atomic E-state index is 14.0. The van der Waals surface area contributed by atoms with Gasteiger partial charge in [-0.2, -0.15) is 5.10 Å². The minimum Gasteiger partial charge on any atom is -0.261 e. The smallest absolute Gasteiger partial charge is 0.205 e. The molecule has 110 valence electrons. The molecule has 0 aliphatic heterocycles. The topological polar surface area (TPSA) is 29.6 Å². The number of aromatic nitrogens is 1. The number of nitrogens with zero attached hydrogens (tertiary/aromatic N) is 3. The van der Waals surface area contributed by atoms with E-state index in [9.17, 15) is 4.39 Å². The van der Waals surface area contributed by atoms with Gasteiger partial charge in [-0.3, -0.25) is 4.99 Å². The van der Waals surface area contributed by atoms with Crippen LogP contribution in [0, 0.1) is 5.82 Å². The molecule has 0 aliphatic rings. The Morgan fingerprint density at radius 2 is 1.77 bits per heavy atom. The highest BCUT2D eigenvalue weighted by atomic mass is 32.1. The van der Waals surface area contributed by atoms with Crippen LogP contribution in [0.1, 0.15) is 5.56 Å². The number of thiazole rings is 1. The number of halogens is 1. The molecular formula is C17H14FN3S. The fourth-order valence-electron chi connectivity index (χ4n) is 2.08. The third-order valence-corrected chi connectivity index (χ3v) is 4.06. The lowest BCUT2D eigenvalue weighted by Gasteiger charge is -2.04. The van der Waals surface area contributed by atoms with Gasteiger partial charge in [0, 0.05) is 18.0 Å². The molecule has 0 saturated carbocycles. The molecule has 0 N–H and O–H groups in total. The predicted octanol–water partition coefficient (Wildman–Crippen LogP) is 3.77. The van der Waals surface area contributed by atoms with Crippen LogP contribution >= 0.6 is 11.3 Å². The lowest BCUT2D eigenvalue weighted by Crippen LogP contribution is -2.11. The largest absolute Gasteiger partial charge is 0.261 e. The van der Waals surface area contributed by atoms with Crippen molar-refractivity contribution >= 4 is 17.6 Å². The van der Waals surface area contributed by atoms with Crippen molar-refractivity contribution in [1.82, 2.24) is 4.68 Å². The summed E-state index contributed by atoms with van der Waals surface area (Å²) in [4.78, 5) is 4.92. The summed E-state index contributed by atoms with van der Waals surface area (Å²) in [5.74, 6) is -0.272. The van der Waals surface area contributed by atoms with Crippen molar-refractivity contribution in [3.8, 4) is 11.3 Å². The molecule has 0 unspecified atom stereocenters. The molecule has 1 heterocycles. The van der Waals surface area contributed by atoms with Crippen LogP contribution in [-0.4, -0.2) is 17.9 Å². The van der Waals surface area contributed by atoms with Gasteiger partial charge in [-0.05, 0) is 17.7 Å². The average Bonchev–Trinajstić information content (AvgIpc) is 2.97. The van der Waals surface area contributed by atoms with Crippen LogP contribution in [-0.2, 0) is 0 Å². The Bertz CT molecular complexity index is 863. The molecule has 3 nitrogen and oxygen atoms in total. The number of hydrogen-bond acceptors (Lipinski definition) is 3. The lowest BCUT2D eigenvalue weighted by molar-refractivity contribution is 0.629. The van der Waals surface area contributed by atoms with Gasteiger partial charge in [0.2, 0.25) is 4.80 Å². The molecule has 0 amide bonds. The summed E-state index contributed by atoms with van der Waals surface area (Å²) < 4.78 is 15.7. The minimum atomic E-state index is -0.272. The molecule has 22 heavy (non-hydrogen) atoms. The summed E-state index contributed by atoms with van der Waals surface area (Å²) in [6.07, 6.45) is 1.74. The van der Waals surface area contributed by atoms with E-state index in [-0.39, 0.29) is 5.82 Å². The van der Waals surface area contributed by atoms with Gasteiger partial charge >= 0.3 is 0 Å². The first-order valence-electron chi connectivity index (χ1n) is 6.77. The van der Waals surface area contributed by atoms with Crippen LogP contribution < -0.4 is 4.80 Å². The van der Waals surface area contributed by atoms with Crippen LogP contribution in [0.3, 0.4) is 0 Å². The fraction of sp³-hybridized carbons (Fsp3) is 0.0588. The summed E-state index contributed by atoms with van der Waals surface area (Å²) in [5, 5.41) is 6.33. The van der Waals surface area contributed by atoms with Gasteiger partial charge < -0.3 is 0 Å². The van der Waals surface area contributed by atoms with Crippen LogP contribution in [0.4, 0.5) is 4.39 Å². The van der Waals surface area contributed by atoms with Crippen LogP contribution in [0.2, 0.25) is 0 Å². The normalized spacial score (nSPS) is 12.2. The van der Waals surface area contributed by atoms with Gasteiger partial charge in [0.1, 0.15) is 5.82 Å². The first-order valence-corrected chi connectivity index (χ1v) is 7.65. The fourth-order valence-corrected chi connectivity index (χ4v) is 2.88. The molecule has 0 aliphatic carbocycles. The van der Waals surface area contributed by atoms with Gasteiger partial charge in [-0.1, -0.05) is 42.5 Å². The maximum Gasteiger partial charge on any atom is 0.205 e. The summed E-state index contributed by atoms with van der Waals surface area (Å²) in [6, 6.07) is 16.4. The first-order chi connectivity index (χ1) is 10.8. The Labute approximate surface area is 131 Å². The third-order valence-electron chi connectivity index (χ3n) is 3.15. The zero-order valence-electron chi connectivity index (χ0n) is 12.0. The van der Waals surface area contributed by atoms with Crippen LogP contribution in [0.5, 0.6) is 0 Å². The van der Waals surface area contributed by atoms with Crippen LogP contribution in [0.15, 0.2) is 70.1 Å². The molecule has 0 fully saturated rings. The summed E-state index contributed by atoms with van der Waals surface area (Å²) in [6.45, 7) is 0. The number of benzene rings is 2.